The van der Waals surface area contributed by atoms with Crippen LogP contribution in [0.15, 0.2) is 54.6 Å². The SMILES string of the molecule is O=C(/C=C/c1ccccc1Cl)C1C=CC=C1. The minimum atomic E-state index is -0.112. The Morgan fingerprint density at radius 3 is 2.56 bits per heavy atom. The molecule has 80 valence electrons. The molecule has 1 aromatic rings. The van der Waals surface area contributed by atoms with Crippen LogP contribution < -0.4 is 0 Å². The topological polar surface area (TPSA) is 17.1 Å². The number of allylic oxidation sites excluding steroid dienone is 5. The van der Waals surface area contributed by atoms with Gasteiger partial charge in [0.25, 0.3) is 0 Å². The molecular weight excluding hydrogens is 220 g/mol. The zero-order chi connectivity index (χ0) is 11.4. The predicted octanol–water partition coefficient (Wildman–Crippen LogP) is 3.66. The van der Waals surface area contributed by atoms with Gasteiger partial charge in [-0.25, -0.2) is 0 Å². The van der Waals surface area contributed by atoms with E-state index in [1.807, 2.05) is 42.5 Å². The van der Waals surface area contributed by atoms with E-state index in [4.69, 9.17) is 11.6 Å². The lowest BCUT2D eigenvalue weighted by Crippen LogP contribution is -2.03. The second-order valence-electron chi connectivity index (χ2n) is 3.55. The van der Waals surface area contributed by atoms with E-state index < -0.39 is 0 Å². The molecule has 0 aromatic heterocycles. The number of rotatable bonds is 3. The first-order valence-electron chi connectivity index (χ1n) is 5.09. The standard InChI is InChI=1S/C14H11ClO/c15-13-8-4-3-5-11(13)9-10-14(16)12-6-1-2-7-12/h1-10,12H/b10-9+. The maximum absolute atomic E-state index is 11.7. The van der Waals surface area contributed by atoms with Gasteiger partial charge in [-0.3, -0.25) is 4.79 Å². The highest BCUT2D eigenvalue weighted by atomic mass is 35.5. The van der Waals surface area contributed by atoms with E-state index in [9.17, 15) is 4.79 Å². The molecule has 2 heteroatoms. The van der Waals surface area contributed by atoms with Crippen LogP contribution in [0.3, 0.4) is 0 Å². The van der Waals surface area contributed by atoms with E-state index in [0.29, 0.717) is 5.02 Å². The summed E-state index contributed by atoms with van der Waals surface area (Å²) in [6.45, 7) is 0. The Hall–Kier alpha value is -1.60. The molecule has 0 atom stereocenters. The van der Waals surface area contributed by atoms with Crippen LogP contribution in [0.4, 0.5) is 0 Å². The zero-order valence-corrected chi connectivity index (χ0v) is 9.39. The first kappa shape index (κ1) is 10.9. The molecule has 0 fully saturated rings. The van der Waals surface area contributed by atoms with Crippen molar-refractivity contribution in [2.75, 3.05) is 0 Å². The van der Waals surface area contributed by atoms with E-state index in [-0.39, 0.29) is 11.7 Å². The number of ketones is 1. The van der Waals surface area contributed by atoms with E-state index in [2.05, 4.69) is 0 Å². The third-order valence-electron chi connectivity index (χ3n) is 2.41. The summed E-state index contributed by atoms with van der Waals surface area (Å²) in [6.07, 6.45) is 10.8. The van der Waals surface area contributed by atoms with Gasteiger partial charge in [0.05, 0.1) is 5.92 Å². The minimum absolute atomic E-state index is 0.0740. The number of carbonyl (C=O) groups excluding carboxylic acids is 1. The summed E-state index contributed by atoms with van der Waals surface area (Å²) in [5.41, 5.74) is 0.864. The lowest BCUT2D eigenvalue weighted by atomic mass is 10.1. The fraction of sp³-hybridized carbons (Fsp3) is 0.0714. The van der Waals surface area contributed by atoms with Gasteiger partial charge < -0.3 is 0 Å². The molecular formula is C14H11ClO. The molecule has 0 saturated carbocycles. The van der Waals surface area contributed by atoms with Crippen molar-refractivity contribution in [3.05, 3.63) is 65.2 Å². The molecule has 1 nitrogen and oxygen atoms in total. The monoisotopic (exact) mass is 230 g/mol. The molecule has 16 heavy (non-hydrogen) atoms. The first-order chi connectivity index (χ1) is 7.77. The van der Waals surface area contributed by atoms with Gasteiger partial charge in [0.1, 0.15) is 0 Å². The lowest BCUT2D eigenvalue weighted by molar-refractivity contribution is -0.115. The number of benzene rings is 1. The third kappa shape index (κ3) is 2.50. The summed E-state index contributed by atoms with van der Waals surface area (Å²) in [6, 6.07) is 7.45. The van der Waals surface area contributed by atoms with Gasteiger partial charge in [-0.1, -0.05) is 54.1 Å². The lowest BCUT2D eigenvalue weighted by Gasteiger charge is -1.99. The van der Waals surface area contributed by atoms with Crippen LogP contribution >= 0.6 is 11.6 Å². The fourth-order valence-electron chi connectivity index (χ4n) is 1.51. The predicted molar refractivity (Wildman–Crippen MR) is 67.3 cm³/mol. The Labute approximate surface area is 99.7 Å². The maximum Gasteiger partial charge on any atom is 0.166 e. The Morgan fingerprint density at radius 1 is 1.19 bits per heavy atom. The van der Waals surface area contributed by atoms with Gasteiger partial charge in [0.2, 0.25) is 0 Å². The van der Waals surface area contributed by atoms with Crippen LogP contribution in [-0.2, 0) is 4.79 Å². The van der Waals surface area contributed by atoms with Crippen molar-refractivity contribution in [3.63, 3.8) is 0 Å². The average molecular weight is 231 g/mol. The molecule has 0 saturated heterocycles. The molecule has 0 unspecified atom stereocenters. The van der Waals surface area contributed by atoms with E-state index in [1.54, 1.807) is 18.2 Å². The van der Waals surface area contributed by atoms with Gasteiger partial charge in [-0.15, -0.1) is 0 Å². The van der Waals surface area contributed by atoms with Crippen LogP contribution in [-0.4, -0.2) is 5.78 Å². The van der Waals surface area contributed by atoms with Crippen molar-refractivity contribution >= 4 is 23.5 Å². The van der Waals surface area contributed by atoms with Gasteiger partial charge in [0.15, 0.2) is 5.78 Å². The van der Waals surface area contributed by atoms with Crippen molar-refractivity contribution < 1.29 is 4.79 Å². The van der Waals surface area contributed by atoms with Crippen LogP contribution in [0.2, 0.25) is 5.02 Å². The van der Waals surface area contributed by atoms with Crippen LogP contribution in [0.5, 0.6) is 0 Å². The molecule has 0 heterocycles. The average Bonchev–Trinajstić information content (AvgIpc) is 2.81. The Bertz CT molecular complexity index is 471. The first-order valence-corrected chi connectivity index (χ1v) is 5.46. The molecule has 0 radical (unpaired) electrons. The fourth-order valence-corrected chi connectivity index (χ4v) is 1.71. The summed E-state index contributed by atoms with van der Waals surface area (Å²) in [5, 5.41) is 0.657. The highest BCUT2D eigenvalue weighted by Gasteiger charge is 2.10. The van der Waals surface area contributed by atoms with Gasteiger partial charge in [0, 0.05) is 5.02 Å². The molecule has 0 amide bonds. The smallest absolute Gasteiger partial charge is 0.166 e. The van der Waals surface area contributed by atoms with Crippen molar-refractivity contribution in [1.82, 2.24) is 0 Å². The summed E-state index contributed by atoms with van der Waals surface area (Å²) >= 11 is 5.98. The highest BCUT2D eigenvalue weighted by Crippen LogP contribution is 2.17. The van der Waals surface area contributed by atoms with Crippen molar-refractivity contribution in [2.24, 2.45) is 5.92 Å². The largest absolute Gasteiger partial charge is 0.294 e. The minimum Gasteiger partial charge on any atom is -0.294 e. The molecule has 2 rings (SSSR count). The second kappa shape index (κ2) is 4.95. The van der Waals surface area contributed by atoms with Crippen LogP contribution in [0.25, 0.3) is 6.08 Å². The Morgan fingerprint density at radius 2 is 1.88 bits per heavy atom. The van der Waals surface area contributed by atoms with Crippen molar-refractivity contribution in [2.45, 2.75) is 0 Å². The van der Waals surface area contributed by atoms with E-state index >= 15 is 0 Å². The number of hydrogen-bond donors (Lipinski definition) is 0. The third-order valence-corrected chi connectivity index (χ3v) is 2.75. The Balaban J connectivity index is 2.10. The van der Waals surface area contributed by atoms with Gasteiger partial charge in [-0.2, -0.15) is 0 Å². The Kier molecular flexibility index (Phi) is 3.37. The summed E-state index contributed by atoms with van der Waals surface area (Å²) in [4.78, 5) is 11.7. The van der Waals surface area contributed by atoms with Gasteiger partial charge in [-0.05, 0) is 23.8 Å². The van der Waals surface area contributed by atoms with Gasteiger partial charge >= 0.3 is 0 Å². The van der Waals surface area contributed by atoms with Crippen LogP contribution in [0, 0.1) is 5.92 Å². The molecule has 1 aliphatic carbocycles. The summed E-state index contributed by atoms with van der Waals surface area (Å²) in [7, 11) is 0. The second-order valence-corrected chi connectivity index (χ2v) is 3.96. The van der Waals surface area contributed by atoms with Crippen LogP contribution in [0.1, 0.15) is 5.56 Å². The molecule has 0 bridgehead atoms. The summed E-state index contributed by atoms with van der Waals surface area (Å²) in [5.74, 6) is -0.0383. The molecule has 1 aromatic carbocycles. The number of carbonyl (C=O) groups is 1. The maximum atomic E-state index is 11.7. The van der Waals surface area contributed by atoms with E-state index in [1.165, 1.54) is 0 Å². The number of hydrogen-bond acceptors (Lipinski definition) is 1. The van der Waals surface area contributed by atoms with Crippen molar-refractivity contribution in [3.8, 4) is 0 Å². The molecule has 1 aliphatic rings. The normalized spacial score (nSPS) is 15.1. The van der Waals surface area contributed by atoms with E-state index in [0.717, 1.165) is 5.56 Å². The number of halogens is 1. The zero-order valence-electron chi connectivity index (χ0n) is 8.64. The van der Waals surface area contributed by atoms with Crippen molar-refractivity contribution in [1.29, 1.82) is 0 Å². The molecule has 0 aliphatic heterocycles. The molecule has 0 spiro atoms. The molecule has 0 N–H and O–H groups in total. The quantitative estimate of drug-likeness (QED) is 0.725. The summed E-state index contributed by atoms with van der Waals surface area (Å²) < 4.78 is 0. The highest BCUT2D eigenvalue weighted by molar-refractivity contribution is 6.32.